The lowest BCUT2D eigenvalue weighted by molar-refractivity contribution is 0.0922. The van der Waals surface area contributed by atoms with Gasteiger partial charge in [0.25, 0.3) is 5.56 Å². The quantitative estimate of drug-likeness (QED) is 0.802. The maximum absolute atomic E-state index is 11.4. The average Bonchev–Trinajstić information content (AvgIpc) is 3.06. The molecule has 1 amide bonds. The van der Waals surface area contributed by atoms with Crippen LogP contribution in [0.15, 0.2) is 15.4 Å². The van der Waals surface area contributed by atoms with E-state index in [4.69, 9.17) is 4.52 Å². The molecule has 0 unspecified atom stereocenters. The molecular formula is C11H14N6O4. The largest absolute Gasteiger partial charge is 0.465 e. The third-order valence-corrected chi connectivity index (χ3v) is 3.74. The smallest absolute Gasteiger partial charge is 0.407 e. The van der Waals surface area contributed by atoms with E-state index in [1.54, 1.807) is 7.05 Å². The van der Waals surface area contributed by atoms with Gasteiger partial charge in [0.15, 0.2) is 5.82 Å². The van der Waals surface area contributed by atoms with Gasteiger partial charge in [-0.1, -0.05) is 0 Å². The van der Waals surface area contributed by atoms with Gasteiger partial charge in [-0.15, -0.1) is 5.10 Å². The van der Waals surface area contributed by atoms with E-state index >= 15 is 0 Å². The van der Waals surface area contributed by atoms with Gasteiger partial charge < -0.3 is 9.63 Å². The molecule has 2 N–H and O–H groups in total. The molecule has 0 radical (unpaired) electrons. The van der Waals surface area contributed by atoms with Crippen molar-refractivity contribution in [2.75, 3.05) is 6.54 Å². The number of likely N-dealkylation sites (tertiary alicyclic amines) is 1. The van der Waals surface area contributed by atoms with E-state index in [1.807, 2.05) is 0 Å². The molecule has 2 aromatic rings. The molecule has 3 heterocycles. The summed E-state index contributed by atoms with van der Waals surface area (Å²) in [5.41, 5.74) is -0.303. The van der Waals surface area contributed by atoms with Crippen molar-refractivity contribution < 1.29 is 14.4 Å². The topological polar surface area (TPSA) is 130 Å². The lowest BCUT2D eigenvalue weighted by atomic mass is 9.88. The van der Waals surface area contributed by atoms with Crippen LogP contribution in [0.2, 0.25) is 0 Å². The number of tetrazole rings is 1. The maximum atomic E-state index is 11.4. The first kappa shape index (κ1) is 13.3. The number of carbonyl (C=O) groups is 1. The molecule has 3 rings (SSSR count). The first-order chi connectivity index (χ1) is 10.1. The maximum Gasteiger partial charge on any atom is 0.407 e. The molecule has 1 aliphatic rings. The summed E-state index contributed by atoms with van der Waals surface area (Å²) >= 11 is 0. The average molecular weight is 294 g/mol. The summed E-state index contributed by atoms with van der Waals surface area (Å²) in [4.78, 5) is 23.9. The number of nitrogens with one attached hydrogen (secondary N) is 1. The molecule has 0 spiro atoms. The summed E-state index contributed by atoms with van der Waals surface area (Å²) in [6.45, 7) is 0.326. The normalized spacial score (nSPS) is 22.4. The van der Waals surface area contributed by atoms with Crippen molar-refractivity contribution in [3.8, 4) is 0 Å². The van der Waals surface area contributed by atoms with E-state index in [1.165, 1.54) is 15.6 Å². The Hall–Kier alpha value is -2.65. The van der Waals surface area contributed by atoms with Crippen molar-refractivity contribution >= 4 is 6.09 Å². The third kappa shape index (κ3) is 2.39. The molecule has 0 aliphatic carbocycles. The van der Waals surface area contributed by atoms with Crippen LogP contribution in [0, 0.1) is 0 Å². The minimum Gasteiger partial charge on any atom is -0.465 e. The number of aromatic amines is 1. The zero-order valence-corrected chi connectivity index (χ0v) is 11.3. The number of aryl methyl sites for hydroxylation is 1. The number of aromatic nitrogens is 5. The van der Waals surface area contributed by atoms with Crippen LogP contribution >= 0.6 is 0 Å². The molecule has 2 atom stereocenters. The summed E-state index contributed by atoms with van der Waals surface area (Å²) in [5, 5.41) is 22.8. The summed E-state index contributed by atoms with van der Waals surface area (Å²) in [7, 11) is 1.66. The Morgan fingerprint density at radius 3 is 2.95 bits per heavy atom. The van der Waals surface area contributed by atoms with E-state index in [0.29, 0.717) is 31.0 Å². The highest BCUT2D eigenvalue weighted by Gasteiger charge is 2.37. The second kappa shape index (κ2) is 5.04. The zero-order valence-electron chi connectivity index (χ0n) is 11.3. The van der Waals surface area contributed by atoms with Crippen LogP contribution in [0.1, 0.15) is 36.4 Å². The molecule has 1 fully saturated rings. The number of hydrogen-bond acceptors (Lipinski definition) is 6. The van der Waals surface area contributed by atoms with Gasteiger partial charge in [-0.2, -0.15) is 5.16 Å². The highest BCUT2D eigenvalue weighted by atomic mass is 16.5. The number of amides is 1. The molecule has 0 saturated carbocycles. The highest BCUT2D eigenvalue weighted by molar-refractivity contribution is 5.65. The van der Waals surface area contributed by atoms with Gasteiger partial charge in [0.1, 0.15) is 5.76 Å². The Morgan fingerprint density at radius 2 is 2.38 bits per heavy atom. The van der Waals surface area contributed by atoms with Gasteiger partial charge in [-0.3, -0.25) is 9.69 Å². The second-order valence-electron chi connectivity index (χ2n) is 4.99. The lowest BCUT2D eigenvalue weighted by Crippen LogP contribution is -2.40. The fourth-order valence-electron chi connectivity index (χ4n) is 2.71. The SMILES string of the molecule is Cn1nnnc1[C@H]1C[C@@H](c2cc(=O)[nH]o2)CCN1C(=O)O. The van der Waals surface area contributed by atoms with Crippen LogP contribution in [0.5, 0.6) is 0 Å². The fourth-order valence-corrected chi connectivity index (χ4v) is 2.71. The van der Waals surface area contributed by atoms with Crippen molar-refractivity contribution in [2.45, 2.75) is 24.8 Å². The van der Waals surface area contributed by atoms with E-state index in [0.717, 1.165) is 0 Å². The van der Waals surface area contributed by atoms with Crippen molar-refractivity contribution in [1.29, 1.82) is 0 Å². The van der Waals surface area contributed by atoms with E-state index in [9.17, 15) is 14.7 Å². The van der Waals surface area contributed by atoms with Crippen LogP contribution in [-0.4, -0.2) is 48.0 Å². The monoisotopic (exact) mass is 294 g/mol. The Labute approximate surface area is 118 Å². The van der Waals surface area contributed by atoms with Crippen LogP contribution in [-0.2, 0) is 7.05 Å². The summed E-state index contributed by atoms with van der Waals surface area (Å²) < 4.78 is 6.59. The van der Waals surface area contributed by atoms with Crippen LogP contribution in [0.3, 0.4) is 0 Å². The summed E-state index contributed by atoms with van der Waals surface area (Å²) in [6, 6.07) is 0.925. The first-order valence-electron chi connectivity index (χ1n) is 6.46. The molecule has 1 saturated heterocycles. The number of hydrogen-bond donors (Lipinski definition) is 2. The first-order valence-corrected chi connectivity index (χ1v) is 6.46. The minimum absolute atomic E-state index is 0.0544. The fraction of sp³-hybridized carbons (Fsp3) is 0.545. The Kier molecular flexibility index (Phi) is 3.20. The minimum atomic E-state index is -1.02. The van der Waals surface area contributed by atoms with Crippen molar-refractivity contribution in [2.24, 2.45) is 7.05 Å². The van der Waals surface area contributed by atoms with Gasteiger partial charge in [0.2, 0.25) is 0 Å². The van der Waals surface area contributed by atoms with Crippen molar-refractivity contribution in [3.63, 3.8) is 0 Å². The second-order valence-corrected chi connectivity index (χ2v) is 4.99. The Balaban J connectivity index is 1.90. The number of rotatable bonds is 2. The van der Waals surface area contributed by atoms with E-state index in [-0.39, 0.29) is 11.5 Å². The molecule has 0 aromatic carbocycles. The Bertz CT molecular complexity index is 703. The van der Waals surface area contributed by atoms with E-state index in [2.05, 4.69) is 20.7 Å². The molecule has 112 valence electrons. The summed E-state index contributed by atoms with van der Waals surface area (Å²) in [6.07, 6.45) is 0.0212. The molecule has 10 heteroatoms. The highest BCUT2D eigenvalue weighted by Crippen LogP contribution is 2.37. The zero-order chi connectivity index (χ0) is 15.0. The standard InChI is InChI=1S/C11H14N6O4/c1-16-10(12-14-15-16)7-4-6(2-3-17(7)11(19)20)8-5-9(18)13-21-8/h5-7H,2-4H2,1H3,(H,13,18)(H,19,20)/t6-,7+/m0/s1. The van der Waals surface area contributed by atoms with Crippen molar-refractivity contribution in [3.05, 3.63) is 28.0 Å². The van der Waals surface area contributed by atoms with Gasteiger partial charge >= 0.3 is 6.09 Å². The third-order valence-electron chi connectivity index (χ3n) is 3.74. The predicted octanol–water partition coefficient (Wildman–Crippen LogP) is 0.0901. The van der Waals surface area contributed by atoms with Gasteiger partial charge in [-0.25, -0.2) is 9.48 Å². The number of nitrogens with zero attached hydrogens (tertiary/aromatic N) is 5. The lowest BCUT2D eigenvalue weighted by Gasteiger charge is -2.35. The molecule has 0 bridgehead atoms. The number of piperidine rings is 1. The van der Waals surface area contributed by atoms with Gasteiger partial charge in [-0.05, 0) is 23.3 Å². The number of H-pyrrole nitrogens is 1. The molecule has 1 aliphatic heterocycles. The molecule has 10 nitrogen and oxygen atoms in total. The number of carboxylic acid groups (broad SMARTS) is 1. The van der Waals surface area contributed by atoms with Crippen LogP contribution in [0.4, 0.5) is 4.79 Å². The van der Waals surface area contributed by atoms with Crippen LogP contribution < -0.4 is 5.56 Å². The molecule has 2 aromatic heterocycles. The van der Waals surface area contributed by atoms with Crippen molar-refractivity contribution in [1.82, 2.24) is 30.3 Å². The van der Waals surface area contributed by atoms with Crippen LogP contribution in [0.25, 0.3) is 0 Å². The molecular weight excluding hydrogens is 280 g/mol. The van der Waals surface area contributed by atoms with Gasteiger partial charge in [0, 0.05) is 25.6 Å². The van der Waals surface area contributed by atoms with Gasteiger partial charge in [0.05, 0.1) is 6.04 Å². The molecule has 21 heavy (non-hydrogen) atoms. The Morgan fingerprint density at radius 1 is 1.57 bits per heavy atom. The predicted molar refractivity (Wildman–Crippen MR) is 67.6 cm³/mol. The summed E-state index contributed by atoms with van der Waals surface area (Å²) in [5.74, 6) is 0.950. The van der Waals surface area contributed by atoms with E-state index < -0.39 is 12.1 Å².